The van der Waals surface area contributed by atoms with Gasteiger partial charge in [0.15, 0.2) is 11.5 Å². The molecule has 4 rings (SSSR count). The molecule has 0 unspecified atom stereocenters. The zero-order valence-electron chi connectivity index (χ0n) is 23.8. The van der Waals surface area contributed by atoms with E-state index in [1.807, 2.05) is 27.7 Å². The number of nitrogens with one attached hydrogen (secondary N) is 1. The van der Waals surface area contributed by atoms with Gasteiger partial charge in [-0.25, -0.2) is 18.4 Å². The van der Waals surface area contributed by atoms with Crippen molar-refractivity contribution in [2.45, 2.75) is 70.3 Å². The fourth-order valence-electron chi connectivity index (χ4n) is 4.49. The summed E-state index contributed by atoms with van der Waals surface area (Å²) in [4.78, 5) is 17.1. The van der Waals surface area contributed by atoms with Crippen LogP contribution in [0.15, 0.2) is 18.7 Å². The van der Waals surface area contributed by atoms with Crippen molar-refractivity contribution in [3.63, 3.8) is 0 Å². The smallest absolute Gasteiger partial charge is 0.245 e. The minimum absolute atomic E-state index is 0.0861. The summed E-state index contributed by atoms with van der Waals surface area (Å²) in [5.74, 6) is 0.729. The van der Waals surface area contributed by atoms with Crippen LogP contribution in [0.4, 0.5) is 5.95 Å². The van der Waals surface area contributed by atoms with Crippen molar-refractivity contribution in [2.75, 3.05) is 32.2 Å². The molecule has 1 aliphatic heterocycles. The van der Waals surface area contributed by atoms with Crippen LogP contribution >= 0.6 is 0 Å². The topological polar surface area (TPSA) is 165 Å². The highest BCUT2D eigenvalue weighted by Crippen LogP contribution is 2.40. The summed E-state index contributed by atoms with van der Waals surface area (Å²) in [7, 11) is -1.25. The number of rotatable bonds is 12. The molecule has 1 saturated heterocycles. The van der Waals surface area contributed by atoms with Gasteiger partial charge in [-0.15, -0.1) is 10.2 Å². The third-order valence-corrected chi connectivity index (χ3v) is 8.23. The predicted octanol–water partition coefficient (Wildman–Crippen LogP) is 2.75. The van der Waals surface area contributed by atoms with Crippen molar-refractivity contribution in [3.8, 4) is 17.4 Å². The summed E-state index contributed by atoms with van der Waals surface area (Å²) in [6, 6.07) is 0. The molecule has 3 aromatic rings. The van der Waals surface area contributed by atoms with E-state index in [0.29, 0.717) is 31.9 Å². The van der Waals surface area contributed by atoms with Crippen molar-refractivity contribution < 1.29 is 27.4 Å². The number of ether oxygens (including phenoxy) is 4. The third-order valence-electron chi connectivity index (χ3n) is 6.54. The lowest BCUT2D eigenvalue weighted by molar-refractivity contribution is 0.0360. The Morgan fingerprint density at radius 3 is 2.33 bits per heavy atom. The Hall–Kier alpha value is -3.43. The van der Waals surface area contributed by atoms with E-state index in [1.165, 1.54) is 32.0 Å². The molecule has 3 atom stereocenters. The minimum Gasteiger partial charge on any atom is -0.479 e. The zero-order valence-corrected chi connectivity index (χ0v) is 24.6. The first-order valence-electron chi connectivity index (χ1n) is 13.0. The molecule has 0 saturated carbocycles. The fraction of sp³-hybridized carbons (Fsp3) is 0.600. The normalized spacial score (nSPS) is 18.3. The summed E-state index contributed by atoms with van der Waals surface area (Å²) < 4.78 is 54.7. The third kappa shape index (κ3) is 6.15. The van der Waals surface area contributed by atoms with Crippen LogP contribution in [0, 0.1) is 6.92 Å². The number of sulfonamides is 1. The van der Waals surface area contributed by atoms with Gasteiger partial charge in [-0.1, -0.05) is 6.92 Å². The number of nitrogens with zero attached hydrogens (tertiary/aromatic N) is 7. The maximum Gasteiger partial charge on any atom is 0.245 e. The van der Waals surface area contributed by atoms with Gasteiger partial charge in [0, 0.05) is 24.9 Å². The van der Waals surface area contributed by atoms with Crippen LogP contribution in [0.3, 0.4) is 0 Å². The van der Waals surface area contributed by atoms with Gasteiger partial charge in [0.1, 0.15) is 23.5 Å². The molecule has 0 aliphatic carbocycles. The summed E-state index contributed by atoms with van der Waals surface area (Å²) in [5, 5.41) is 7.52. The first-order chi connectivity index (χ1) is 19.0. The van der Waals surface area contributed by atoms with Crippen LogP contribution in [0.5, 0.6) is 11.8 Å². The second-order valence-electron chi connectivity index (χ2n) is 10.2. The van der Waals surface area contributed by atoms with Crippen LogP contribution < -0.4 is 14.2 Å². The Bertz CT molecular complexity index is 1390. The second-order valence-corrected chi connectivity index (χ2v) is 12.2. The molecule has 14 nitrogen and oxygen atoms in total. The van der Waals surface area contributed by atoms with E-state index in [4.69, 9.17) is 18.9 Å². The van der Waals surface area contributed by atoms with Gasteiger partial charge >= 0.3 is 0 Å². The Balaban J connectivity index is 1.79. The highest BCUT2D eigenvalue weighted by atomic mass is 32.2. The number of methoxy groups -OCH3 is 2. The van der Waals surface area contributed by atoms with E-state index in [0.717, 1.165) is 5.56 Å². The molecule has 3 aromatic heterocycles. The lowest BCUT2D eigenvalue weighted by Gasteiger charge is -2.24. The standard InChI is InChI=1S/C25H36N8O6S/c1-8-9-38-19(20-26-11-15(2)12-27-20)16(3)40(34,35)32-24-31-30-21(17-10-25(4,5)39-13-17)33(24)18-22(36-6)28-14-29-23(18)37-7/h11-12,14,16-17,19H,8-10,13H2,1-7H3,(H,31,32)/t16-,17+,19+/m0/s1. The molecule has 40 heavy (non-hydrogen) atoms. The molecule has 0 radical (unpaired) electrons. The van der Waals surface area contributed by atoms with Crippen LogP contribution in [0.1, 0.15) is 69.8 Å². The van der Waals surface area contributed by atoms with Crippen LogP contribution in [0.2, 0.25) is 0 Å². The van der Waals surface area contributed by atoms with Gasteiger partial charge in [0.05, 0.1) is 26.4 Å². The van der Waals surface area contributed by atoms with Gasteiger partial charge in [-0.05, 0) is 46.1 Å². The Kier molecular flexibility index (Phi) is 8.85. The maximum atomic E-state index is 13.8. The number of aromatic nitrogens is 7. The van der Waals surface area contributed by atoms with Gasteiger partial charge in [-0.3, -0.25) is 9.29 Å². The first-order valence-corrected chi connectivity index (χ1v) is 14.5. The molecule has 1 aliphatic rings. The van der Waals surface area contributed by atoms with E-state index in [9.17, 15) is 8.42 Å². The molecule has 0 bridgehead atoms. The van der Waals surface area contributed by atoms with Crippen molar-refractivity contribution >= 4 is 16.0 Å². The van der Waals surface area contributed by atoms with E-state index in [1.54, 1.807) is 12.4 Å². The Morgan fingerprint density at radius 1 is 1.12 bits per heavy atom. The van der Waals surface area contributed by atoms with Crippen molar-refractivity contribution in [3.05, 3.63) is 35.9 Å². The van der Waals surface area contributed by atoms with E-state index in [-0.39, 0.29) is 35.1 Å². The van der Waals surface area contributed by atoms with E-state index < -0.39 is 27.0 Å². The maximum absolute atomic E-state index is 13.8. The summed E-state index contributed by atoms with van der Waals surface area (Å²) in [5.41, 5.74) is 0.706. The average Bonchev–Trinajstić information content (AvgIpc) is 3.50. The summed E-state index contributed by atoms with van der Waals surface area (Å²) in [6.07, 6.45) is 4.93. The highest BCUT2D eigenvalue weighted by Gasteiger charge is 2.39. The lowest BCUT2D eigenvalue weighted by Crippen LogP contribution is -2.34. The number of aryl methyl sites for hydroxylation is 1. The lowest BCUT2D eigenvalue weighted by atomic mass is 9.97. The number of hydrogen-bond acceptors (Lipinski definition) is 12. The van der Waals surface area contributed by atoms with E-state index >= 15 is 0 Å². The van der Waals surface area contributed by atoms with Crippen LogP contribution in [-0.2, 0) is 19.5 Å². The Morgan fingerprint density at radius 2 is 1.77 bits per heavy atom. The van der Waals surface area contributed by atoms with Gasteiger partial charge < -0.3 is 18.9 Å². The quantitative estimate of drug-likeness (QED) is 0.335. The molecule has 0 aromatic carbocycles. The molecule has 218 valence electrons. The molecular weight excluding hydrogens is 540 g/mol. The zero-order chi connectivity index (χ0) is 29.1. The molecule has 15 heteroatoms. The number of hydrogen-bond donors (Lipinski definition) is 1. The molecule has 0 spiro atoms. The monoisotopic (exact) mass is 576 g/mol. The number of anilines is 1. The molecule has 4 heterocycles. The summed E-state index contributed by atoms with van der Waals surface area (Å²) >= 11 is 0. The molecular formula is C25H36N8O6S. The van der Waals surface area contributed by atoms with Crippen LogP contribution in [-0.4, -0.2) is 81.4 Å². The largest absolute Gasteiger partial charge is 0.479 e. The first kappa shape index (κ1) is 29.6. The molecule has 1 N–H and O–H groups in total. The van der Waals surface area contributed by atoms with E-state index in [2.05, 4.69) is 34.9 Å². The van der Waals surface area contributed by atoms with Gasteiger partial charge in [-0.2, -0.15) is 9.97 Å². The van der Waals surface area contributed by atoms with Gasteiger partial charge in [0.2, 0.25) is 27.7 Å². The van der Waals surface area contributed by atoms with Crippen molar-refractivity contribution in [2.24, 2.45) is 0 Å². The molecule has 1 fully saturated rings. The second kappa shape index (κ2) is 12.0. The molecule has 0 amide bonds. The van der Waals surface area contributed by atoms with Gasteiger partial charge in [0.25, 0.3) is 0 Å². The fourth-order valence-corrected chi connectivity index (χ4v) is 5.58. The Labute approximate surface area is 233 Å². The van der Waals surface area contributed by atoms with Crippen molar-refractivity contribution in [1.82, 2.24) is 34.7 Å². The van der Waals surface area contributed by atoms with Crippen LogP contribution in [0.25, 0.3) is 5.69 Å². The summed E-state index contributed by atoms with van der Waals surface area (Å²) in [6.45, 7) is 9.98. The SMILES string of the molecule is CCCO[C@@H](c1ncc(C)cn1)[C@H](C)S(=O)(=O)Nc1nnc([C@H]2COC(C)(C)C2)n1-c1c(OC)ncnc1OC. The van der Waals surface area contributed by atoms with Crippen molar-refractivity contribution in [1.29, 1.82) is 0 Å². The predicted molar refractivity (Wildman–Crippen MR) is 145 cm³/mol. The minimum atomic E-state index is -4.14. The average molecular weight is 577 g/mol. The highest BCUT2D eigenvalue weighted by molar-refractivity contribution is 7.93.